The van der Waals surface area contributed by atoms with Gasteiger partial charge in [-0.25, -0.2) is 8.78 Å². The molecule has 0 bridgehead atoms. The molecule has 6 aliphatic heterocycles. The number of piperazine rings is 2. The molecule has 8 heterocycles. The Labute approximate surface area is 495 Å². The zero-order valence-corrected chi connectivity index (χ0v) is 49.9. The maximum absolute atomic E-state index is 14.3. The van der Waals surface area contributed by atoms with Crippen molar-refractivity contribution in [1.29, 1.82) is 0 Å². The van der Waals surface area contributed by atoms with Crippen LogP contribution in [0, 0.1) is 11.6 Å². The minimum atomic E-state index is -0.683. The van der Waals surface area contributed by atoms with Crippen LogP contribution < -0.4 is 42.2 Å². The molecule has 23 heteroatoms. The number of amides is 4. The maximum Gasteiger partial charge on any atom is 0.251 e. The van der Waals surface area contributed by atoms with Gasteiger partial charge in [-0.05, 0) is 61.4 Å². The second-order valence-electron chi connectivity index (χ2n) is 25.3. The number of hydrogen-bond acceptors (Lipinski definition) is 15. The van der Waals surface area contributed by atoms with Crippen LogP contribution in [0.15, 0.2) is 70.3 Å². The number of H-pyrrole nitrogens is 2. The number of carbonyl (C=O) groups is 4. The van der Waals surface area contributed by atoms with Crippen LogP contribution in [0.1, 0.15) is 75.2 Å². The summed E-state index contributed by atoms with van der Waals surface area (Å²) >= 11 is 0. The van der Waals surface area contributed by atoms with E-state index in [1.54, 1.807) is 34.1 Å². The topological polar surface area (TPSA) is 229 Å². The standard InChI is InChI=1S/C62H84F2N12O9/c1-39-29-73(35-53(77)75-37-61(3,4)55-49(75)25-43(57(79)69-55)23-41-7-11-45(63)12-8-41)47(27-67-39)31-71-17-21-84-51(33-71)59(81)65-15-19-83-20-16-66-60(82)52-34-72(18-22-85-52)32-48-28-68-40(2)30-74(48)36-54(78)76-38-62(5,6)56-50(76)26-44(58(80)70-56)24-42-9-13-46(64)14-10-42/h7-14,25-26,39-40,47-48,51-52,67-68H,15-24,27-38H2,1-6H3,(H,65,81)(H,66,82)(H,69,79)(H,70,80)/t39-,40-,47-,48-,51+,52+/m1/s1. The highest BCUT2D eigenvalue weighted by atomic mass is 19.1. The molecule has 0 saturated carbocycles. The highest BCUT2D eigenvalue weighted by Crippen LogP contribution is 2.40. The number of carbonyl (C=O) groups excluding carboxylic acids is 4. The summed E-state index contributed by atoms with van der Waals surface area (Å²) in [6.07, 6.45) is -0.758. The Kier molecular flexibility index (Phi) is 19.5. The van der Waals surface area contributed by atoms with Gasteiger partial charge in [-0.3, -0.25) is 48.4 Å². The van der Waals surface area contributed by atoms with E-state index >= 15 is 0 Å². The molecule has 85 heavy (non-hydrogen) atoms. The summed E-state index contributed by atoms with van der Waals surface area (Å²) in [7, 11) is 0. The minimum absolute atomic E-state index is 0.0138. The molecule has 21 nitrogen and oxygen atoms in total. The largest absolute Gasteiger partial charge is 0.378 e. The normalized spacial score (nSPS) is 24.5. The molecule has 0 spiro atoms. The lowest BCUT2D eigenvalue weighted by Gasteiger charge is -2.43. The van der Waals surface area contributed by atoms with Gasteiger partial charge in [0, 0.05) is 162 Å². The highest BCUT2D eigenvalue weighted by Gasteiger charge is 2.43. The predicted octanol–water partition coefficient (Wildman–Crippen LogP) is 1.45. The van der Waals surface area contributed by atoms with Crippen molar-refractivity contribution in [3.8, 4) is 0 Å². The fourth-order valence-corrected chi connectivity index (χ4v) is 12.9. The van der Waals surface area contributed by atoms with Gasteiger partial charge in [-0.1, -0.05) is 52.0 Å². The van der Waals surface area contributed by atoms with Crippen LogP contribution in [-0.4, -0.2) is 221 Å². The Morgan fingerprint density at radius 1 is 0.612 bits per heavy atom. The van der Waals surface area contributed by atoms with E-state index in [0.29, 0.717) is 127 Å². The number of morpholine rings is 2. The number of aromatic nitrogens is 2. The van der Waals surface area contributed by atoms with E-state index in [-0.39, 0.29) is 110 Å². The number of nitrogens with one attached hydrogen (secondary N) is 6. The van der Waals surface area contributed by atoms with E-state index in [0.717, 1.165) is 22.5 Å². The molecular formula is C62H84F2N12O9. The monoisotopic (exact) mass is 1180 g/mol. The van der Waals surface area contributed by atoms with E-state index in [1.165, 1.54) is 24.3 Å². The van der Waals surface area contributed by atoms with Gasteiger partial charge in [-0.2, -0.15) is 0 Å². The molecule has 4 fully saturated rings. The molecule has 6 N–H and O–H groups in total. The van der Waals surface area contributed by atoms with Gasteiger partial charge in [0.2, 0.25) is 11.8 Å². The van der Waals surface area contributed by atoms with Gasteiger partial charge in [0.15, 0.2) is 0 Å². The first kappa shape index (κ1) is 61.8. The van der Waals surface area contributed by atoms with Crippen molar-refractivity contribution in [2.45, 2.75) is 102 Å². The van der Waals surface area contributed by atoms with Crippen molar-refractivity contribution >= 4 is 35.0 Å². The SMILES string of the molecule is C[C@@H]1CN(CC(=O)N2CC(C)(C)c3[nH]c(=O)c(Cc4ccc(F)cc4)cc32)[C@@H](CN2CCO[C@H](C(=O)NCCOCCNC(=O)[C@@H]3CN(C[C@H]4CN[C@H](C)CN4CC(=O)N4CC(C)(C)c5[nH]c(=O)c(Cc6ccc(F)cc6)cc54)CCO3)C2)CN1. The van der Waals surface area contributed by atoms with Crippen molar-refractivity contribution in [3.63, 3.8) is 0 Å². The van der Waals surface area contributed by atoms with Crippen LogP contribution in [0.4, 0.5) is 20.2 Å². The molecule has 10 rings (SSSR count). The molecule has 2 aromatic heterocycles. The molecule has 6 aliphatic rings. The molecular weight excluding hydrogens is 1090 g/mol. The predicted molar refractivity (Wildman–Crippen MR) is 318 cm³/mol. The third-order valence-corrected chi connectivity index (χ3v) is 17.5. The van der Waals surface area contributed by atoms with E-state index in [9.17, 15) is 37.5 Å². The van der Waals surface area contributed by atoms with Crippen molar-refractivity contribution < 1.29 is 42.2 Å². The number of ether oxygens (including phenoxy) is 3. The maximum atomic E-state index is 14.3. The van der Waals surface area contributed by atoms with Crippen LogP contribution in [-0.2, 0) is 57.1 Å². The Hall–Kier alpha value is -6.28. The van der Waals surface area contributed by atoms with Gasteiger partial charge < -0.3 is 55.2 Å². The fourth-order valence-electron chi connectivity index (χ4n) is 12.9. The molecule has 0 unspecified atom stereocenters. The molecule has 0 aliphatic carbocycles. The van der Waals surface area contributed by atoms with E-state index in [2.05, 4.69) is 64.7 Å². The summed E-state index contributed by atoms with van der Waals surface area (Å²) in [5, 5.41) is 13.0. The van der Waals surface area contributed by atoms with Crippen molar-refractivity contribution in [1.82, 2.24) is 50.8 Å². The number of halogens is 2. The summed E-state index contributed by atoms with van der Waals surface area (Å²) in [5.41, 5.74) is 4.05. The van der Waals surface area contributed by atoms with Gasteiger partial charge in [0.1, 0.15) is 23.8 Å². The first-order valence-electron chi connectivity index (χ1n) is 30.0. The van der Waals surface area contributed by atoms with E-state index in [1.807, 2.05) is 39.8 Å². The van der Waals surface area contributed by atoms with Gasteiger partial charge >= 0.3 is 0 Å². The third kappa shape index (κ3) is 15.1. The molecule has 4 aromatic rings. The average Bonchev–Trinajstić information content (AvgIpc) is 2.41. The lowest BCUT2D eigenvalue weighted by molar-refractivity contribution is -0.139. The lowest BCUT2D eigenvalue weighted by atomic mass is 9.91. The lowest BCUT2D eigenvalue weighted by Crippen LogP contribution is -2.62. The van der Waals surface area contributed by atoms with Crippen LogP contribution in [0.2, 0.25) is 0 Å². The Morgan fingerprint density at radius 2 is 1.01 bits per heavy atom. The van der Waals surface area contributed by atoms with Crippen molar-refractivity contribution in [2.75, 3.05) is 141 Å². The van der Waals surface area contributed by atoms with Crippen LogP contribution in [0.5, 0.6) is 0 Å². The number of anilines is 2. The molecule has 6 atom stereocenters. The molecule has 2 aromatic carbocycles. The van der Waals surface area contributed by atoms with Crippen LogP contribution in [0.3, 0.4) is 0 Å². The molecule has 4 amide bonds. The quantitative estimate of drug-likeness (QED) is 0.0689. The number of benzene rings is 2. The van der Waals surface area contributed by atoms with E-state index in [4.69, 9.17) is 14.2 Å². The van der Waals surface area contributed by atoms with Gasteiger partial charge in [0.25, 0.3) is 22.9 Å². The Morgan fingerprint density at radius 3 is 1.41 bits per heavy atom. The third-order valence-electron chi connectivity index (χ3n) is 17.5. The number of hydrogen-bond donors (Lipinski definition) is 6. The average molecular weight is 1180 g/mol. The second-order valence-corrected chi connectivity index (χ2v) is 25.3. The first-order valence-corrected chi connectivity index (χ1v) is 30.0. The smallest absolute Gasteiger partial charge is 0.251 e. The van der Waals surface area contributed by atoms with Gasteiger partial charge in [0.05, 0.1) is 50.9 Å². The van der Waals surface area contributed by atoms with Gasteiger partial charge in [-0.15, -0.1) is 0 Å². The number of aromatic amines is 2. The summed E-state index contributed by atoms with van der Waals surface area (Å²) in [5.74, 6) is -1.30. The zero-order chi connectivity index (χ0) is 60.2. The number of nitrogens with zero attached hydrogens (tertiary/aromatic N) is 6. The highest BCUT2D eigenvalue weighted by molar-refractivity contribution is 5.98. The second kappa shape index (κ2) is 26.8. The zero-order valence-electron chi connectivity index (χ0n) is 49.9. The summed E-state index contributed by atoms with van der Waals surface area (Å²) in [6, 6.07) is 16.1. The molecule has 0 radical (unpaired) electrons. The van der Waals surface area contributed by atoms with Crippen LogP contribution in [0.25, 0.3) is 0 Å². The number of fused-ring (bicyclic) bond motifs is 2. The van der Waals surface area contributed by atoms with E-state index < -0.39 is 23.0 Å². The molecule has 460 valence electrons. The minimum Gasteiger partial charge on any atom is -0.378 e. The number of rotatable bonds is 20. The summed E-state index contributed by atoms with van der Waals surface area (Å²) in [6.45, 7) is 21.2. The Bertz CT molecular complexity index is 2950. The van der Waals surface area contributed by atoms with Crippen molar-refractivity contribution in [3.05, 3.63) is 127 Å². The van der Waals surface area contributed by atoms with Crippen LogP contribution >= 0.6 is 0 Å². The molecule has 4 saturated heterocycles. The summed E-state index contributed by atoms with van der Waals surface area (Å²) < 4.78 is 44.9. The fraction of sp³-hybridized carbons (Fsp3) is 0.581. The number of pyridine rings is 2. The summed E-state index contributed by atoms with van der Waals surface area (Å²) in [4.78, 5) is 100. The first-order chi connectivity index (χ1) is 40.7. The van der Waals surface area contributed by atoms with Crippen molar-refractivity contribution in [2.24, 2.45) is 0 Å². The Balaban J connectivity index is 0.640.